The monoisotopic (exact) mass is 390 g/mol. The highest BCUT2D eigenvalue weighted by molar-refractivity contribution is 9.10. The lowest BCUT2D eigenvalue weighted by atomic mass is 10.1. The number of carbonyl (C=O) groups excluding carboxylic acids is 2. The zero-order chi connectivity index (χ0) is 17.9. The predicted octanol–water partition coefficient (Wildman–Crippen LogP) is 3.48. The summed E-state index contributed by atoms with van der Waals surface area (Å²) >= 11 is 3.37. The maximum Gasteiger partial charge on any atom is 0.257 e. The summed E-state index contributed by atoms with van der Waals surface area (Å²) in [6, 6.07) is 10.5. The van der Waals surface area contributed by atoms with Crippen molar-refractivity contribution in [1.82, 2.24) is 4.90 Å². The molecule has 5 nitrogen and oxygen atoms in total. The summed E-state index contributed by atoms with van der Waals surface area (Å²) in [5.41, 5.74) is 2.42. The number of phenols is 1. The molecule has 0 heterocycles. The summed E-state index contributed by atoms with van der Waals surface area (Å²) in [6.07, 6.45) is 0. The molecular formula is C18H19BrN2O3. The van der Waals surface area contributed by atoms with E-state index in [1.165, 1.54) is 18.0 Å². The highest BCUT2D eigenvalue weighted by Crippen LogP contribution is 2.23. The molecule has 2 aromatic rings. The van der Waals surface area contributed by atoms with Gasteiger partial charge in [-0.3, -0.25) is 9.59 Å². The lowest BCUT2D eigenvalue weighted by Gasteiger charge is -2.18. The number of nitrogens with zero attached hydrogens (tertiary/aromatic N) is 1. The molecule has 0 spiro atoms. The number of anilines is 1. The Morgan fingerprint density at radius 3 is 2.54 bits per heavy atom. The smallest absolute Gasteiger partial charge is 0.257 e. The maximum atomic E-state index is 12.4. The van der Waals surface area contributed by atoms with E-state index >= 15 is 0 Å². The molecule has 0 unspecified atom stereocenters. The number of para-hydroxylation sites is 1. The van der Waals surface area contributed by atoms with Crippen molar-refractivity contribution < 1.29 is 14.7 Å². The van der Waals surface area contributed by atoms with Gasteiger partial charge in [0.15, 0.2) is 0 Å². The number of carbonyl (C=O) groups is 2. The van der Waals surface area contributed by atoms with Gasteiger partial charge in [0.2, 0.25) is 5.91 Å². The van der Waals surface area contributed by atoms with Crippen LogP contribution in [0.4, 0.5) is 5.69 Å². The minimum Gasteiger partial charge on any atom is -0.507 e. The lowest BCUT2D eigenvalue weighted by molar-refractivity contribution is -0.116. The fourth-order valence-corrected chi connectivity index (χ4v) is 2.76. The Hall–Kier alpha value is -2.34. The van der Waals surface area contributed by atoms with Crippen molar-refractivity contribution in [3.63, 3.8) is 0 Å². The number of hydrogen-bond acceptors (Lipinski definition) is 3. The standard InChI is InChI=1S/C18H19BrN2O3/c1-11-5-4-6-14(17(11)23)18(24)21(3)10-16(22)20-15-8-7-13(19)9-12(15)2/h4-9,23H,10H2,1-3H3,(H,20,22). The Bertz CT molecular complexity index is 790. The van der Waals surface area contributed by atoms with Crippen LogP contribution in [0.1, 0.15) is 21.5 Å². The molecule has 24 heavy (non-hydrogen) atoms. The Morgan fingerprint density at radius 1 is 1.17 bits per heavy atom. The molecule has 0 saturated heterocycles. The molecule has 0 aliphatic heterocycles. The molecule has 0 bridgehead atoms. The fraction of sp³-hybridized carbons (Fsp3) is 0.222. The van der Waals surface area contributed by atoms with Crippen LogP contribution in [-0.2, 0) is 4.79 Å². The number of benzene rings is 2. The largest absolute Gasteiger partial charge is 0.507 e. The number of rotatable bonds is 4. The van der Waals surface area contributed by atoms with Crippen LogP contribution in [0.5, 0.6) is 5.75 Å². The summed E-state index contributed by atoms with van der Waals surface area (Å²) in [6.45, 7) is 3.50. The van der Waals surface area contributed by atoms with Gasteiger partial charge in [0.25, 0.3) is 5.91 Å². The van der Waals surface area contributed by atoms with Gasteiger partial charge in [-0.25, -0.2) is 0 Å². The topological polar surface area (TPSA) is 69.6 Å². The first kappa shape index (κ1) is 18.0. The molecule has 2 rings (SSSR count). The second-order valence-electron chi connectivity index (χ2n) is 5.64. The van der Waals surface area contributed by atoms with E-state index < -0.39 is 5.91 Å². The van der Waals surface area contributed by atoms with Crippen LogP contribution in [0.25, 0.3) is 0 Å². The van der Waals surface area contributed by atoms with Gasteiger partial charge in [-0.05, 0) is 49.2 Å². The van der Waals surface area contributed by atoms with Crippen molar-refractivity contribution in [2.75, 3.05) is 18.9 Å². The number of aromatic hydroxyl groups is 1. The first-order valence-corrected chi connectivity index (χ1v) is 8.19. The van der Waals surface area contributed by atoms with E-state index in [9.17, 15) is 14.7 Å². The van der Waals surface area contributed by atoms with Gasteiger partial charge in [0.05, 0.1) is 12.1 Å². The van der Waals surface area contributed by atoms with Crippen LogP contribution >= 0.6 is 15.9 Å². The Balaban J connectivity index is 2.05. The van der Waals surface area contributed by atoms with Crippen molar-refractivity contribution >= 4 is 33.4 Å². The number of amides is 2. The number of hydrogen-bond donors (Lipinski definition) is 2. The Labute approximate surface area is 149 Å². The van der Waals surface area contributed by atoms with E-state index in [-0.39, 0.29) is 23.8 Å². The summed E-state index contributed by atoms with van der Waals surface area (Å²) in [5, 5.41) is 12.8. The van der Waals surface area contributed by atoms with Gasteiger partial charge in [-0.15, -0.1) is 0 Å². The van der Waals surface area contributed by atoms with Crippen LogP contribution in [0.15, 0.2) is 40.9 Å². The zero-order valence-electron chi connectivity index (χ0n) is 13.8. The second-order valence-corrected chi connectivity index (χ2v) is 6.56. The predicted molar refractivity (Wildman–Crippen MR) is 97.3 cm³/mol. The van der Waals surface area contributed by atoms with Gasteiger partial charge < -0.3 is 15.3 Å². The molecule has 2 aromatic carbocycles. The third-order valence-corrected chi connectivity index (χ3v) is 4.15. The van der Waals surface area contributed by atoms with E-state index in [4.69, 9.17) is 0 Å². The molecule has 0 aromatic heterocycles. The van der Waals surface area contributed by atoms with E-state index in [0.717, 1.165) is 10.0 Å². The van der Waals surface area contributed by atoms with Gasteiger partial charge in [0.1, 0.15) is 5.75 Å². The average molecular weight is 391 g/mol. The van der Waals surface area contributed by atoms with Crippen LogP contribution in [-0.4, -0.2) is 35.4 Å². The molecule has 0 fully saturated rings. The van der Waals surface area contributed by atoms with Crippen molar-refractivity contribution in [3.05, 3.63) is 57.6 Å². The first-order chi connectivity index (χ1) is 11.3. The minimum atomic E-state index is -0.404. The van der Waals surface area contributed by atoms with Crippen molar-refractivity contribution in [1.29, 1.82) is 0 Å². The average Bonchev–Trinajstić information content (AvgIpc) is 2.52. The van der Waals surface area contributed by atoms with Crippen LogP contribution in [0.3, 0.4) is 0 Å². The van der Waals surface area contributed by atoms with Crippen LogP contribution in [0, 0.1) is 13.8 Å². The lowest BCUT2D eigenvalue weighted by Crippen LogP contribution is -2.35. The third kappa shape index (κ3) is 4.14. The molecule has 126 valence electrons. The fourth-order valence-electron chi connectivity index (χ4n) is 2.28. The molecule has 0 aliphatic rings. The summed E-state index contributed by atoms with van der Waals surface area (Å²) in [4.78, 5) is 25.8. The van der Waals surface area contributed by atoms with Gasteiger partial charge in [-0.1, -0.05) is 28.1 Å². The number of halogens is 1. The zero-order valence-corrected chi connectivity index (χ0v) is 15.3. The van der Waals surface area contributed by atoms with Crippen LogP contribution < -0.4 is 5.32 Å². The molecule has 0 radical (unpaired) electrons. The minimum absolute atomic E-state index is 0.0569. The summed E-state index contributed by atoms with van der Waals surface area (Å²) < 4.78 is 0.931. The first-order valence-electron chi connectivity index (χ1n) is 7.39. The van der Waals surface area contributed by atoms with Crippen molar-refractivity contribution in [2.24, 2.45) is 0 Å². The molecule has 6 heteroatoms. The van der Waals surface area contributed by atoms with E-state index in [1.807, 2.05) is 19.1 Å². The summed E-state index contributed by atoms with van der Waals surface area (Å²) in [7, 11) is 1.53. The second kappa shape index (κ2) is 7.49. The number of nitrogens with one attached hydrogen (secondary N) is 1. The molecule has 2 N–H and O–H groups in total. The molecule has 0 atom stereocenters. The highest BCUT2D eigenvalue weighted by Gasteiger charge is 2.19. The number of phenolic OH excluding ortho intramolecular Hbond substituents is 1. The number of aryl methyl sites for hydroxylation is 2. The maximum absolute atomic E-state index is 12.4. The molecular weight excluding hydrogens is 372 g/mol. The van der Waals surface area contributed by atoms with Crippen molar-refractivity contribution in [3.8, 4) is 5.75 Å². The molecule has 2 amide bonds. The Kier molecular flexibility index (Phi) is 5.62. The Morgan fingerprint density at radius 2 is 1.88 bits per heavy atom. The van der Waals surface area contributed by atoms with Crippen LogP contribution in [0.2, 0.25) is 0 Å². The summed E-state index contributed by atoms with van der Waals surface area (Å²) in [5.74, 6) is -0.763. The highest BCUT2D eigenvalue weighted by atomic mass is 79.9. The molecule has 0 aliphatic carbocycles. The van der Waals surface area contributed by atoms with Gasteiger partial charge >= 0.3 is 0 Å². The van der Waals surface area contributed by atoms with E-state index in [2.05, 4.69) is 21.2 Å². The van der Waals surface area contributed by atoms with Gasteiger partial charge in [-0.2, -0.15) is 0 Å². The normalized spacial score (nSPS) is 10.3. The van der Waals surface area contributed by atoms with E-state index in [0.29, 0.717) is 11.3 Å². The number of likely N-dealkylation sites (N-methyl/N-ethyl adjacent to an activating group) is 1. The van der Waals surface area contributed by atoms with Gasteiger partial charge in [0, 0.05) is 17.2 Å². The van der Waals surface area contributed by atoms with Crippen molar-refractivity contribution in [2.45, 2.75) is 13.8 Å². The third-order valence-electron chi connectivity index (χ3n) is 3.66. The SMILES string of the molecule is Cc1cc(Br)ccc1NC(=O)CN(C)C(=O)c1cccc(C)c1O. The quantitative estimate of drug-likeness (QED) is 0.839. The molecule has 0 saturated carbocycles. The van der Waals surface area contributed by atoms with E-state index in [1.54, 1.807) is 25.1 Å².